The van der Waals surface area contributed by atoms with Gasteiger partial charge in [0.05, 0.1) is 12.3 Å². The first-order valence-corrected chi connectivity index (χ1v) is 15.8. The van der Waals surface area contributed by atoms with Gasteiger partial charge in [0.1, 0.15) is 5.75 Å². The molecule has 0 aromatic heterocycles. The smallest absolute Gasteiger partial charge is 0.260 e. The lowest BCUT2D eigenvalue weighted by molar-refractivity contribution is 0.0983. The Labute approximate surface area is 230 Å². The average molecular weight is 541 g/mol. The number of anilines is 1. The summed E-state index contributed by atoms with van der Waals surface area (Å²) in [5.74, 6) is 7.43. The van der Waals surface area contributed by atoms with Gasteiger partial charge in [0.25, 0.3) is 5.91 Å². The quantitative estimate of drug-likeness (QED) is 0.411. The maximum Gasteiger partial charge on any atom is 0.260 e. The van der Waals surface area contributed by atoms with E-state index in [9.17, 15) is 4.79 Å². The average Bonchev–Trinajstić information content (AvgIpc) is 3.05. The molecule has 2 bridgehead atoms. The number of carbonyl (C=O) groups excluding carboxylic acids is 1. The molecule has 2 aromatic carbocycles. The summed E-state index contributed by atoms with van der Waals surface area (Å²) in [6, 6.07) is 12.3. The van der Waals surface area contributed by atoms with E-state index in [4.69, 9.17) is 16.3 Å². The Morgan fingerprint density at radius 3 is 2.62 bits per heavy atom. The van der Waals surface area contributed by atoms with Crippen LogP contribution in [-0.4, -0.2) is 36.7 Å². The number of nitrogens with one attached hydrogen (secondary N) is 1. The van der Waals surface area contributed by atoms with Gasteiger partial charge in [0.2, 0.25) is 0 Å². The zero-order chi connectivity index (χ0) is 26.1. The lowest BCUT2D eigenvalue weighted by atomic mass is 9.70. The van der Waals surface area contributed by atoms with Gasteiger partial charge in [0.15, 0.2) is 0 Å². The van der Waals surface area contributed by atoms with E-state index in [2.05, 4.69) is 48.4 Å². The van der Waals surface area contributed by atoms with Crippen molar-refractivity contribution < 1.29 is 9.53 Å². The fourth-order valence-corrected chi connectivity index (χ4v) is 7.69. The number of halogens is 1. The van der Waals surface area contributed by atoms with Crippen LogP contribution in [0.3, 0.4) is 0 Å². The van der Waals surface area contributed by atoms with Crippen LogP contribution in [0.15, 0.2) is 36.4 Å². The first kappa shape index (κ1) is 26.6. The van der Waals surface area contributed by atoms with E-state index < -0.39 is 10.7 Å². The van der Waals surface area contributed by atoms with Crippen LogP contribution in [0.4, 0.5) is 5.69 Å². The van der Waals surface area contributed by atoms with E-state index >= 15 is 0 Å². The van der Waals surface area contributed by atoms with Crippen LogP contribution in [0.1, 0.15) is 80.3 Å². The third kappa shape index (κ3) is 5.73. The molecule has 6 unspecified atom stereocenters. The molecule has 2 aliphatic heterocycles. The molecule has 0 saturated heterocycles. The fourth-order valence-electron chi connectivity index (χ4n) is 6.26. The number of rotatable bonds is 3. The summed E-state index contributed by atoms with van der Waals surface area (Å²) in [5, 5.41) is 1.16. The molecule has 0 spiro atoms. The predicted octanol–water partition coefficient (Wildman–Crippen LogP) is 7.47. The van der Waals surface area contributed by atoms with Gasteiger partial charge in [-0.1, -0.05) is 61.4 Å². The molecule has 6 atom stereocenters. The first-order chi connectivity index (χ1) is 17.8. The van der Waals surface area contributed by atoms with Gasteiger partial charge >= 0.3 is 0 Å². The van der Waals surface area contributed by atoms with Crippen molar-refractivity contribution in [1.29, 1.82) is 0 Å². The van der Waals surface area contributed by atoms with Crippen molar-refractivity contribution in [2.75, 3.05) is 24.6 Å². The Kier molecular flexibility index (Phi) is 8.21. The van der Waals surface area contributed by atoms with Crippen molar-refractivity contribution in [1.82, 2.24) is 4.72 Å². The van der Waals surface area contributed by atoms with E-state index in [0.29, 0.717) is 29.3 Å². The SMILES string of the molecule is C=S1NC(=O)c2ccc3c(c2)N(CC(c2ccc(Cl)cc2CCC)CO3)CC2CCC2CCC(C)C1C. The minimum absolute atomic E-state index is 0.0394. The minimum Gasteiger partial charge on any atom is -0.491 e. The van der Waals surface area contributed by atoms with Crippen LogP contribution in [0.5, 0.6) is 5.75 Å². The van der Waals surface area contributed by atoms with Crippen LogP contribution >= 0.6 is 22.3 Å². The number of amides is 1. The van der Waals surface area contributed by atoms with Crippen molar-refractivity contribution in [2.45, 2.75) is 70.5 Å². The van der Waals surface area contributed by atoms with E-state index in [1.54, 1.807) is 0 Å². The second-order valence-electron chi connectivity index (χ2n) is 11.4. The van der Waals surface area contributed by atoms with E-state index in [1.807, 2.05) is 24.3 Å². The van der Waals surface area contributed by atoms with Crippen molar-refractivity contribution in [3.63, 3.8) is 0 Å². The number of benzene rings is 2. The first-order valence-electron chi connectivity index (χ1n) is 14.0. The molecule has 1 fully saturated rings. The minimum atomic E-state index is -0.419. The Morgan fingerprint density at radius 2 is 1.86 bits per heavy atom. The van der Waals surface area contributed by atoms with E-state index in [1.165, 1.54) is 36.8 Å². The highest BCUT2D eigenvalue weighted by atomic mass is 35.5. The highest BCUT2D eigenvalue weighted by Gasteiger charge is 2.35. The molecule has 2 aromatic rings. The van der Waals surface area contributed by atoms with E-state index in [-0.39, 0.29) is 11.8 Å². The standard InChI is InChI=1S/C31H41ClN2O2S/c1-5-6-23-15-27(32)12-13-28(23)26-18-34-17-25-10-9-22(25)8-7-20(2)21(3)37(4)33-31(35)24-11-14-30(36-19-26)29(34)16-24/h11-16,20-22,25-26H,4-10,17-19H2,1-3H3,(H,33,35). The number of fused-ring (bicyclic) bond motifs is 2. The lowest BCUT2D eigenvalue weighted by Crippen LogP contribution is -2.40. The topological polar surface area (TPSA) is 41.6 Å². The van der Waals surface area contributed by atoms with Crippen LogP contribution in [0.2, 0.25) is 5.02 Å². The zero-order valence-corrected chi connectivity index (χ0v) is 24.0. The van der Waals surface area contributed by atoms with Gasteiger partial charge in [-0.2, -0.15) is 0 Å². The van der Waals surface area contributed by atoms with Crippen molar-refractivity contribution in [3.8, 4) is 5.75 Å². The number of hydrogen-bond acceptors (Lipinski definition) is 3. The molecule has 1 amide bonds. The summed E-state index contributed by atoms with van der Waals surface area (Å²) in [4.78, 5) is 15.8. The molecule has 3 aliphatic rings. The number of carbonyl (C=O) groups is 1. The maximum atomic E-state index is 13.3. The molecule has 6 heteroatoms. The van der Waals surface area contributed by atoms with Gasteiger partial charge in [-0.15, -0.1) is 0 Å². The number of aryl methyl sites for hydroxylation is 1. The molecule has 1 N–H and O–H groups in total. The molecule has 1 aliphatic carbocycles. The summed E-state index contributed by atoms with van der Waals surface area (Å²) < 4.78 is 9.67. The highest BCUT2D eigenvalue weighted by Crippen LogP contribution is 2.43. The summed E-state index contributed by atoms with van der Waals surface area (Å²) in [6.45, 7) is 9.30. The maximum absolute atomic E-state index is 13.3. The second-order valence-corrected chi connectivity index (χ2v) is 13.6. The van der Waals surface area contributed by atoms with Crippen LogP contribution in [0.25, 0.3) is 0 Å². The van der Waals surface area contributed by atoms with Gasteiger partial charge < -0.3 is 14.4 Å². The molecule has 5 rings (SSSR count). The zero-order valence-electron chi connectivity index (χ0n) is 22.5. The Bertz CT molecular complexity index is 1170. The molecule has 1 saturated carbocycles. The van der Waals surface area contributed by atoms with E-state index in [0.717, 1.165) is 48.3 Å². The van der Waals surface area contributed by atoms with Gasteiger partial charge in [-0.05, 0) is 91.3 Å². The summed E-state index contributed by atoms with van der Waals surface area (Å²) in [6.07, 6.45) is 7.17. The molecular formula is C31H41ClN2O2S. The summed E-state index contributed by atoms with van der Waals surface area (Å²) >= 11 is 6.39. The normalized spacial score (nSPS) is 30.2. The van der Waals surface area contributed by atoms with Gasteiger partial charge in [0, 0.05) is 34.8 Å². The number of nitrogens with zero attached hydrogens (tertiary/aromatic N) is 1. The summed E-state index contributed by atoms with van der Waals surface area (Å²) in [7, 11) is -0.419. The predicted molar refractivity (Wildman–Crippen MR) is 159 cm³/mol. The lowest BCUT2D eigenvalue weighted by Gasteiger charge is -2.42. The largest absolute Gasteiger partial charge is 0.491 e. The summed E-state index contributed by atoms with van der Waals surface area (Å²) in [5.41, 5.74) is 4.40. The fraction of sp³-hybridized carbons (Fsp3) is 0.548. The Balaban J connectivity index is 1.51. The van der Waals surface area contributed by atoms with Gasteiger partial charge in [-0.25, -0.2) is 0 Å². The van der Waals surface area contributed by atoms with Crippen molar-refractivity contribution >= 4 is 39.7 Å². The number of hydrogen-bond donors (Lipinski definition) is 1. The van der Waals surface area contributed by atoms with Crippen LogP contribution in [0, 0.1) is 17.8 Å². The highest BCUT2D eigenvalue weighted by molar-refractivity contribution is 8.13. The van der Waals surface area contributed by atoms with Crippen LogP contribution in [-0.2, 0) is 6.42 Å². The molecule has 200 valence electrons. The van der Waals surface area contributed by atoms with Crippen molar-refractivity contribution in [2.24, 2.45) is 17.8 Å². The third-order valence-corrected chi connectivity index (χ3v) is 11.0. The second kappa shape index (κ2) is 11.4. The molecule has 37 heavy (non-hydrogen) atoms. The number of ether oxygens (including phenoxy) is 1. The molecule has 2 heterocycles. The Hall–Kier alpha value is -1.98. The van der Waals surface area contributed by atoms with Gasteiger partial charge in [-0.3, -0.25) is 4.79 Å². The van der Waals surface area contributed by atoms with Crippen molar-refractivity contribution in [3.05, 3.63) is 58.1 Å². The molecule has 4 nitrogen and oxygen atoms in total. The Morgan fingerprint density at radius 1 is 1.08 bits per heavy atom. The monoisotopic (exact) mass is 540 g/mol. The molecular weight excluding hydrogens is 500 g/mol. The third-order valence-electron chi connectivity index (χ3n) is 9.00. The molecule has 0 radical (unpaired) electrons. The van der Waals surface area contributed by atoms with Crippen LogP contribution < -0.4 is 14.4 Å².